The third-order valence-corrected chi connectivity index (χ3v) is 3.38. The number of aliphatic hydroxyl groups is 1. The lowest BCUT2D eigenvalue weighted by Crippen LogP contribution is -2.26. The molecule has 2 rings (SSSR count). The molecule has 3 heteroatoms. The Balaban J connectivity index is 2.12. The predicted octanol–water partition coefficient (Wildman–Crippen LogP) is 2.51. The number of nitrogens with zero attached hydrogens (tertiary/aromatic N) is 2. The van der Waals surface area contributed by atoms with E-state index in [1.54, 1.807) is 0 Å². The van der Waals surface area contributed by atoms with E-state index in [0.29, 0.717) is 12.5 Å². The first-order chi connectivity index (χ1) is 7.72. The summed E-state index contributed by atoms with van der Waals surface area (Å²) in [4.78, 5) is 6.72. The highest BCUT2D eigenvalue weighted by atomic mass is 16.3. The number of aliphatic hydroxyl groups excluding tert-OH is 1. The summed E-state index contributed by atoms with van der Waals surface area (Å²) in [6, 6.07) is 4.63. The molecule has 0 radical (unpaired) electrons. The lowest BCUT2D eigenvalue weighted by Gasteiger charge is -2.23. The van der Waals surface area contributed by atoms with Crippen LogP contribution in [0.3, 0.4) is 0 Å². The van der Waals surface area contributed by atoms with E-state index in [4.69, 9.17) is 0 Å². The molecule has 16 heavy (non-hydrogen) atoms. The van der Waals surface area contributed by atoms with E-state index in [-0.39, 0.29) is 0 Å². The van der Waals surface area contributed by atoms with Crippen molar-refractivity contribution in [2.45, 2.75) is 45.3 Å². The van der Waals surface area contributed by atoms with Crippen LogP contribution in [0.1, 0.15) is 44.9 Å². The van der Waals surface area contributed by atoms with E-state index in [1.165, 1.54) is 18.5 Å². The van der Waals surface area contributed by atoms with Gasteiger partial charge in [-0.3, -0.25) is 4.98 Å². The first-order valence-electron chi connectivity index (χ1n) is 6.13. The smallest absolute Gasteiger partial charge is 0.0957 e. The molecule has 1 fully saturated rings. The van der Waals surface area contributed by atoms with Gasteiger partial charge >= 0.3 is 0 Å². The van der Waals surface area contributed by atoms with Crippen LogP contribution in [0.25, 0.3) is 0 Å². The van der Waals surface area contributed by atoms with Gasteiger partial charge in [-0.15, -0.1) is 0 Å². The van der Waals surface area contributed by atoms with E-state index in [9.17, 15) is 5.11 Å². The Morgan fingerprint density at radius 2 is 2.38 bits per heavy atom. The van der Waals surface area contributed by atoms with Crippen molar-refractivity contribution in [2.24, 2.45) is 0 Å². The number of hydrogen-bond acceptors (Lipinski definition) is 3. The van der Waals surface area contributed by atoms with Crippen molar-refractivity contribution in [3.8, 4) is 0 Å². The third kappa shape index (κ3) is 2.19. The van der Waals surface area contributed by atoms with E-state index >= 15 is 0 Å². The van der Waals surface area contributed by atoms with Gasteiger partial charge < -0.3 is 10.0 Å². The molecule has 2 atom stereocenters. The molecule has 0 spiro atoms. The monoisotopic (exact) mass is 220 g/mol. The first-order valence-corrected chi connectivity index (χ1v) is 6.13. The van der Waals surface area contributed by atoms with Gasteiger partial charge in [0, 0.05) is 12.6 Å². The van der Waals surface area contributed by atoms with Crippen LogP contribution in [0, 0.1) is 0 Å². The molecule has 0 amide bonds. The summed E-state index contributed by atoms with van der Waals surface area (Å²) in [5.41, 5.74) is 1.95. The molecule has 0 aromatic carbocycles. The first kappa shape index (κ1) is 11.4. The molecule has 1 unspecified atom stereocenters. The topological polar surface area (TPSA) is 36.4 Å². The van der Waals surface area contributed by atoms with Crippen molar-refractivity contribution < 1.29 is 5.11 Å². The minimum Gasteiger partial charge on any atom is -0.387 e. The fourth-order valence-electron chi connectivity index (χ4n) is 2.29. The summed E-state index contributed by atoms with van der Waals surface area (Å²) in [6.45, 7) is 5.34. The van der Waals surface area contributed by atoms with E-state index in [1.807, 2.05) is 19.2 Å². The Morgan fingerprint density at radius 1 is 1.56 bits per heavy atom. The average Bonchev–Trinajstić information content (AvgIpc) is 2.75. The molecule has 1 aromatic rings. The zero-order chi connectivity index (χ0) is 11.5. The van der Waals surface area contributed by atoms with E-state index in [2.05, 4.69) is 22.9 Å². The highest BCUT2D eigenvalue weighted by Gasteiger charge is 2.20. The maximum atomic E-state index is 9.66. The zero-order valence-electron chi connectivity index (χ0n) is 10.1. The van der Waals surface area contributed by atoms with Crippen LogP contribution in [0.5, 0.6) is 0 Å². The number of pyridine rings is 1. The normalized spacial score (nSPS) is 22.4. The van der Waals surface area contributed by atoms with Crippen molar-refractivity contribution in [1.29, 1.82) is 0 Å². The van der Waals surface area contributed by atoms with Crippen LogP contribution in [0.2, 0.25) is 0 Å². The highest BCUT2D eigenvalue weighted by Crippen LogP contribution is 2.25. The number of hydrogen-bond donors (Lipinski definition) is 1. The Bertz CT molecular complexity index is 336. The Labute approximate surface area is 97.1 Å². The Morgan fingerprint density at radius 3 is 2.88 bits per heavy atom. The van der Waals surface area contributed by atoms with Gasteiger partial charge in [-0.1, -0.05) is 6.92 Å². The summed E-state index contributed by atoms with van der Waals surface area (Å²) >= 11 is 0. The van der Waals surface area contributed by atoms with Crippen molar-refractivity contribution in [1.82, 2.24) is 4.98 Å². The van der Waals surface area contributed by atoms with Gasteiger partial charge in [-0.2, -0.15) is 0 Å². The number of aromatic nitrogens is 1. The molecule has 0 bridgehead atoms. The molecule has 0 saturated carbocycles. The Hall–Kier alpha value is -1.09. The quantitative estimate of drug-likeness (QED) is 0.850. The zero-order valence-corrected chi connectivity index (χ0v) is 10.1. The van der Waals surface area contributed by atoms with Crippen LogP contribution < -0.4 is 4.90 Å². The molecule has 2 heterocycles. The minimum absolute atomic E-state index is 0.426. The van der Waals surface area contributed by atoms with Gasteiger partial charge in [0.15, 0.2) is 0 Å². The number of rotatable bonds is 3. The fourth-order valence-corrected chi connectivity index (χ4v) is 2.29. The molecule has 1 aliphatic heterocycles. The van der Waals surface area contributed by atoms with E-state index in [0.717, 1.165) is 12.2 Å². The Kier molecular flexibility index (Phi) is 3.44. The summed E-state index contributed by atoms with van der Waals surface area (Å²) < 4.78 is 0. The van der Waals surface area contributed by atoms with Crippen molar-refractivity contribution in [2.75, 3.05) is 11.4 Å². The highest BCUT2D eigenvalue weighted by molar-refractivity contribution is 5.46. The molecule has 1 saturated heterocycles. The van der Waals surface area contributed by atoms with Crippen LogP contribution >= 0.6 is 0 Å². The van der Waals surface area contributed by atoms with Gasteiger partial charge in [0.2, 0.25) is 0 Å². The molecule has 1 aromatic heterocycles. The second kappa shape index (κ2) is 4.83. The molecular weight excluding hydrogens is 200 g/mol. The van der Waals surface area contributed by atoms with Gasteiger partial charge in [0.05, 0.1) is 23.7 Å². The fraction of sp³-hybridized carbons (Fsp3) is 0.615. The lowest BCUT2D eigenvalue weighted by atomic mass is 10.2. The maximum absolute atomic E-state index is 9.66. The summed E-state index contributed by atoms with van der Waals surface area (Å²) in [5.74, 6) is 0. The van der Waals surface area contributed by atoms with Gasteiger partial charge in [0.25, 0.3) is 0 Å². The van der Waals surface area contributed by atoms with Gasteiger partial charge in [0.1, 0.15) is 0 Å². The molecule has 1 aliphatic rings. The van der Waals surface area contributed by atoms with E-state index < -0.39 is 6.10 Å². The second-order valence-corrected chi connectivity index (χ2v) is 4.55. The SMILES string of the molecule is CC[C@@H](O)c1ccc(N2CCCC2C)cn1. The van der Waals surface area contributed by atoms with Crippen LogP contribution in [0.4, 0.5) is 5.69 Å². The second-order valence-electron chi connectivity index (χ2n) is 4.55. The van der Waals surface area contributed by atoms with Crippen molar-refractivity contribution in [3.05, 3.63) is 24.0 Å². The number of anilines is 1. The maximum Gasteiger partial charge on any atom is 0.0957 e. The minimum atomic E-state index is -0.426. The summed E-state index contributed by atoms with van der Waals surface area (Å²) in [6.07, 6.45) is 4.70. The van der Waals surface area contributed by atoms with Crippen molar-refractivity contribution >= 4 is 5.69 Å². The molecule has 1 N–H and O–H groups in total. The molecular formula is C13H20N2O. The summed E-state index contributed by atoms with van der Waals surface area (Å²) in [7, 11) is 0. The van der Waals surface area contributed by atoms with Crippen LogP contribution in [-0.4, -0.2) is 22.7 Å². The third-order valence-electron chi connectivity index (χ3n) is 3.38. The predicted molar refractivity (Wildman–Crippen MR) is 65.5 cm³/mol. The lowest BCUT2D eigenvalue weighted by molar-refractivity contribution is 0.169. The molecule has 0 aliphatic carbocycles. The molecule has 88 valence electrons. The van der Waals surface area contributed by atoms with Crippen LogP contribution in [0.15, 0.2) is 18.3 Å². The standard InChI is InChI=1S/C13H20N2O/c1-3-13(16)12-7-6-11(9-14-12)15-8-4-5-10(15)2/h6-7,9-10,13,16H,3-5,8H2,1-2H3/t10?,13-/m1/s1. The average molecular weight is 220 g/mol. The van der Waals surface area contributed by atoms with Crippen molar-refractivity contribution in [3.63, 3.8) is 0 Å². The van der Waals surface area contributed by atoms with Gasteiger partial charge in [-0.05, 0) is 38.3 Å². The molecule has 3 nitrogen and oxygen atoms in total. The largest absolute Gasteiger partial charge is 0.387 e. The van der Waals surface area contributed by atoms with Crippen LogP contribution in [-0.2, 0) is 0 Å². The van der Waals surface area contributed by atoms with Gasteiger partial charge in [-0.25, -0.2) is 0 Å². The summed E-state index contributed by atoms with van der Waals surface area (Å²) in [5, 5.41) is 9.66.